The maximum atomic E-state index is 12.7. The van der Waals surface area contributed by atoms with E-state index in [0.717, 1.165) is 6.42 Å². The van der Waals surface area contributed by atoms with Gasteiger partial charge in [-0.1, -0.05) is 20.8 Å². The molecule has 2 N–H and O–H groups in total. The molecule has 0 amide bonds. The van der Waals surface area contributed by atoms with Crippen LogP contribution < -0.4 is 5.73 Å². The number of anilines is 1. The molecule has 0 spiro atoms. The number of nitrogens with zero attached hydrogens (tertiary/aromatic N) is 1. The minimum absolute atomic E-state index is 0.139. The lowest BCUT2D eigenvalue weighted by atomic mass is 9.80. The van der Waals surface area contributed by atoms with E-state index in [9.17, 15) is 8.42 Å². The molecule has 112 valence electrons. The van der Waals surface area contributed by atoms with Gasteiger partial charge < -0.3 is 5.73 Å². The Kier molecular flexibility index (Phi) is 3.86. The molecule has 1 atom stereocenters. The Balaban J connectivity index is 2.28. The van der Waals surface area contributed by atoms with Gasteiger partial charge in [0.25, 0.3) is 0 Å². The van der Waals surface area contributed by atoms with Crippen LogP contribution in [0.1, 0.15) is 32.8 Å². The molecule has 1 aliphatic rings. The van der Waals surface area contributed by atoms with E-state index in [-0.39, 0.29) is 5.41 Å². The maximum Gasteiger partial charge on any atom is 0.243 e. The summed E-state index contributed by atoms with van der Waals surface area (Å²) in [6.45, 7) is 9.51. The predicted octanol–water partition coefficient (Wildman–Crippen LogP) is 2.63. The second kappa shape index (κ2) is 5.04. The van der Waals surface area contributed by atoms with Crippen molar-refractivity contribution in [3.63, 3.8) is 0 Å². The van der Waals surface area contributed by atoms with Gasteiger partial charge in [-0.05, 0) is 48.4 Å². The zero-order valence-corrected chi connectivity index (χ0v) is 13.5. The van der Waals surface area contributed by atoms with Gasteiger partial charge in [-0.3, -0.25) is 0 Å². The fourth-order valence-electron chi connectivity index (χ4n) is 2.75. The third-order valence-electron chi connectivity index (χ3n) is 4.19. The summed E-state index contributed by atoms with van der Waals surface area (Å²) >= 11 is 0. The highest BCUT2D eigenvalue weighted by Crippen LogP contribution is 2.36. The van der Waals surface area contributed by atoms with Crippen molar-refractivity contribution in [2.45, 2.75) is 39.0 Å². The average molecular weight is 296 g/mol. The van der Waals surface area contributed by atoms with Crippen molar-refractivity contribution in [1.82, 2.24) is 4.31 Å². The van der Waals surface area contributed by atoms with E-state index in [2.05, 4.69) is 20.8 Å². The van der Waals surface area contributed by atoms with E-state index < -0.39 is 10.0 Å². The zero-order chi connectivity index (χ0) is 15.1. The van der Waals surface area contributed by atoms with E-state index in [1.807, 2.05) is 0 Å². The number of hydrogen-bond acceptors (Lipinski definition) is 3. The van der Waals surface area contributed by atoms with Gasteiger partial charge >= 0.3 is 0 Å². The highest BCUT2D eigenvalue weighted by molar-refractivity contribution is 7.89. The summed E-state index contributed by atoms with van der Waals surface area (Å²) in [5, 5.41) is 0. The Morgan fingerprint density at radius 2 is 1.95 bits per heavy atom. The van der Waals surface area contributed by atoms with Crippen LogP contribution in [0.15, 0.2) is 23.1 Å². The molecule has 4 nitrogen and oxygen atoms in total. The second-order valence-electron chi connectivity index (χ2n) is 6.74. The molecule has 0 bridgehead atoms. The maximum absolute atomic E-state index is 12.7. The van der Waals surface area contributed by atoms with Crippen molar-refractivity contribution in [3.8, 4) is 0 Å². The van der Waals surface area contributed by atoms with Crippen molar-refractivity contribution in [1.29, 1.82) is 0 Å². The lowest BCUT2D eigenvalue weighted by molar-refractivity contribution is 0.252. The van der Waals surface area contributed by atoms with Gasteiger partial charge in [0, 0.05) is 18.8 Å². The van der Waals surface area contributed by atoms with Crippen LogP contribution in [0.2, 0.25) is 0 Å². The van der Waals surface area contributed by atoms with Gasteiger partial charge in [0.2, 0.25) is 10.0 Å². The molecule has 0 aliphatic carbocycles. The lowest BCUT2D eigenvalue weighted by Gasteiger charge is -2.27. The van der Waals surface area contributed by atoms with Crippen molar-refractivity contribution in [2.24, 2.45) is 11.3 Å². The smallest absolute Gasteiger partial charge is 0.243 e. The molecule has 5 heteroatoms. The third kappa shape index (κ3) is 2.83. The largest absolute Gasteiger partial charge is 0.399 e. The Morgan fingerprint density at radius 3 is 2.45 bits per heavy atom. The Morgan fingerprint density at radius 1 is 1.30 bits per heavy atom. The van der Waals surface area contributed by atoms with E-state index in [0.29, 0.717) is 35.2 Å². The van der Waals surface area contributed by atoms with Gasteiger partial charge in [0.1, 0.15) is 0 Å². The zero-order valence-electron chi connectivity index (χ0n) is 12.7. The van der Waals surface area contributed by atoms with Gasteiger partial charge in [0.15, 0.2) is 0 Å². The van der Waals surface area contributed by atoms with Crippen molar-refractivity contribution in [2.75, 3.05) is 18.8 Å². The summed E-state index contributed by atoms with van der Waals surface area (Å²) in [4.78, 5) is 0.376. The summed E-state index contributed by atoms with van der Waals surface area (Å²) in [5.74, 6) is 0.409. The molecule has 1 fully saturated rings. The SMILES string of the molecule is Cc1cc(N)ccc1S(=O)(=O)N1CCC(C(C)(C)C)C1. The molecule has 1 aliphatic heterocycles. The molecule has 0 radical (unpaired) electrons. The van der Waals surface area contributed by atoms with Gasteiger partial charge in [-0.15, -0.1) is 0 Å². The molecule has 0 saturated carbocycles. The minimum atomic E-state index is -3.40. The molecule has 2 rings (SSSR count). The monoisotopic (exact) mass is 296 g/mol. The highest BCUT2D eigenvalue weighted by atomic mass is 32.2. The molecule has 20 heavy (non-hydrogen) atoms. The second-order valence-corrected chi connectivity index (χ2v) is 8.65. The third-order valence-corrected chi connectivity index (χ3v) is 6.22. The van der Waals surface area contributed by atoms with Crippen LogP contribution in [0.5, 0.6) is 0 Å². The first-order chi connectivity index (χ1) is 9.12. The number of sulfonamides is 1. The number of hydrogen-bond donors (Lipinski definition) is 1. The first-order valence-corrected chi connectivity index (χ1v) is 8.42. The predicted molar refractivity (Wildman–Crippen MR) is 81.9 cm³/mol. The fraction of sp³-hybridized carbons (Fsp3) is 0.600. The van der Waals surface area contributed by atoms with Crippen LogP contribution in [-0.4, -0.2) is 25.8 Å². The average Bonchev–Trinajstić information content (AvgIpc) is 2.77. The summed E-state index contributed by atoms with van der Waals surface area (Å²) in [7, 11) is -3.40. The van der Waals surface area contributed by atoms with Gasteiger partial charge in [-0.25, -0.2) is 8.42 Å². The Bertz CT molecular complexity index is 603. The number of benzene rings is 1. The van der Waals surface area contributed by atoms with E-state index >= 15 is 0 Å². The molecule has 0 aromatic heterocycles. The summed E-state index contributed by atoms with van der Waals surface area (Å²) < 4.78 is 27.1. The van der Waals surface area contributed by atoms with Crippen LogP contribution in [0, 0.1) is 18.3 Å². The first kappa shape index (κ1) is 15.3. The number of rotatable bonds is 2. The van der Waals surface area contributed by atoms with Crippen LogP contribution in [-0.2, 0) is 10.0 Å². The van der Waals surface area contributed by atoms with Gasteiger partial charge in [0.05, 0.1) is 4.90 Å². The molecule has 1 heterocycles. The normalized spacial score (nSPS) is 21.3. The minimum Gasteiger partial charge on any atom is -0.399 e. The fourth-order valence-corrected chi connectivity index (χ4v) is 4.46. The molecule has 1 aromatic rings. The molecule has 1 unspecified atom stereocenters. The van der Waals surface area contributed by atoms with Crippen molar-refractivity contribution >= 4 is 15.7 Å². The van der Waals surface area contributed by atoms with Crippen molar-refractivity contribution < 1.29 is 8.42 Å². The summed E-state index contributed by atoms with van der Waals surface area (Å²) in [6.07, 6.45) is 0.927. The summed E-state index contributed by atoms with van der Waals surface area (Å²) in [6, 6.07) is 4.98. The summed E-state index contributed by atoms with van der Waals surface area (Å²) in [5.41, 5.74) is 7.14. The topological polar surface area (TPSA) is 63.4 Å². The van der Waals surface area contributed by atoms with Crippen molar-refractivity contribution in [3.05, 3.63) is 23.8 Å². The Hall–Kier alpha value is -1.07. The van der Waals surface area contributed by atoms with Gasteiger partial charge in [-0.2, -0.15) is 4.31 Å². The number of nitrogens with two attached hydrogens (primary N) is 1. The van der Waals surface area contributed by atoms with Crippen LogP contribution >= 0.6 is 0 Å². The molecule has 1 aromatic carbocycles. The van der Waals surface area contributed by atoms with Crippen LogP contribution in [0.25, 0.3) is 0 Å². The van der Waals surface area contributed by atoms with E-state index in [1.165, 1.54) is 0 Å². The molecular formula is C15H24N2O2S. The van der Waals surface area contributed by atoms with Crippen LogP contribution in [0.3, 0.4) is 0 Å². The van der Waals surface area contributed by atoms with E-state index in [4.69, 9.17) is 5.73 Å². The number of aryl methyl sites for hydroxylation is 1. The first-order valence-electron chi connectivity index (χ1n) is 6.98. The Labute approximate surface area is 122 Å². The van der Waals surface area contributed by atoms with Crippen LogP contribution in [0.4, 0.5) is 5.69 Å². The van der Waals surface area contributed by atoms with E-state index in [1.54, 1.807) is 29.4 Å². The molecule has 1 saturated heterocycles. The lowest BCUT2D eigenvalue weighted by Crippen LogP contribution is -2.31. The highest BCUT2D eigenvalue weighted by Gasteiger charge is 2.38. The quantitative estimate of drug-likeness (QED) is 0.853. The molecular weight excluding hydrogens is 272 g/mol. The number of nitrogen functional groups attached to an aromatic ring is 1. The standard InChI is InChI=1S/C15H24N2O2S/c1-11-9-13(16)5-6-14(11)20(18,19)17-8-7-12(10-17)15(2,3)4/h5-6,9,12H,7-8,10,16H2,1-4H3.